The molecule has 1 atom stereocenters. The molecule has 2 rings (SSSR count). The Labute approximate surface area is 157 Å². The average Bonchev–Trinajstić information content (AvgIpc) is 2.60. The van der Waals surface area contributed by atoms with Gasteiger partial charge in [-0.3, -0.25) is 9.59 Å². The van der Waals surface area contributed by atoms with Crippen molar-refractivity contribution in [3.05, 3.63) is 53.1 Å². The Morgan fingerprint density at radius 3 is 2.54 bits per heavy atom. The molecule has 2 amide bonds. The van der Waals surface area contributed by atoms with E-state index >= 15 is 0 Å². The fourth-order valence-electron chi connectivity index (χ4n) is 2.46. The van der Waals surface area contributed by atoms with Gasteiger partial charge in [-0.1, -0.05) is 29.8 Å². The van der Waals surface area contributed by atoms with Crippen molar-refractivity contribution in [3.8, 4) is 5.75 Å². The van der Waals surface area contributed by atoms with Crippen LogP contribution in [-0.4, -0.2) is 25.5 Å². The number of hydrogen-bond donors (Lipinski definition) is 3. The standard InChI is InChI=1S/C19H22ClN3O3/c1-12(15-6-4-5-7-16(15)20)21-11-19(25)23-17-10-14(22-13(2)24)8-9-18(17)26-3/h4-10,12,21H,11H2,1-3H3,(H,22,24)(H,23,25)/t12-/m1/s1. The maximum absolute atomic E-state index is 12.3. The van der Waals surface area contributed by atoms with Crippen LogP contribution in [0.5, 0.6) is 5.75 Å². The molecule has 0 unspecified atom stereocenters. The second-order valence-electron chi connectivity index (χ2n) is 5.77. The van der Waals surface area contributed by atoms with Gasteiger partial charge < -0.3 is 20.7 Å². The SMILES string of the molecule is COc1ccc(NC(C)=O)cc1NC(=O)CN[C@H](C)c1ccccc1Cl. The summed E-state index contributed by atoms with van der Waals surface area (Å²) in [5, 5.41) is 9.24. The molecule has 0 heterocycles. The third kappa shape index (κ3) is 5.47. The Morgan fingerprint density at radius 1 is 1.15 bits per heavy atom. The van der Waals surface area contributed by atoms with Crippen LogP contribution in [0.3, 0.4) is 0 Å². The zero-order chi connectivity index (χ0) is 19.1. The quantitative estimate of drug-likeness (QED) is 0.690. The van der Waals surface area contributed by atoms with Gasteiger partial charge in [0.05, 0.1) is 19.3 Å². The number of carbonyl (C=O) groups excluding carboxylic acids is 2. The molecule has 0 aromatic heterocycles. The summed E-state index contributed by atoms with van der Waals surface area (Å²) in [4.78, 5) is 23.5. The topological polar surface area (TPSA) is 79.5 Å². The molecule has 2 aromatic carbocycles. The second kappa shape index (κ2) is 9.22. The Kier molecular flexibility index (Phi) is 7.00. The molecule has 0 fully saturated rings. The molecular weight excluding hydrogens is 354 g/mol. The van der Waals surface area contributed by atoms with Gasteiger partial charge in [0.25, 0.3) is 0 Å². The fraction of sp³-hybridized carbons (Fsp3) is 0.263. The van der Waals surface area contributed by atoms with E-state index in [2.05, 4.69) is 16.0 Å². The van der Waals surface area contributed by atoms with Gasteiger partial charge in [0.2, 0.25) is 11.8 Å². The van der Waals surface area contributed by atoms with Gasteiger partial charge >= 0.3 is 0 Å². The zero-order valence-corrected chi connectivity index (χ0v) is 15.7. The molecule has 0 radical (unpaired) electrons. The number of ether oxygens (including phenoxy) is 1. The minimum absolute atomic E-state index is 0.0814. The summed E-state index contributed by atoms with van der Waals surface area (Å²) >= 11 is 6.17. The molecule has 26 heavy (non-hydrogen) atoms. The number of anilines is 2. The van der Waals surface area contributed by atoms with Crippen LogP contribution < -0.4 is 20.7 Å². The van der Waals surface area contributed by atoms with E-state index in [1.54, 1.807) is 18.2 Å². The first-order valence-corrected chi connectivity index (χ1v) is 8.51. The largest absolute Gasteiger partial charge is 0.495 e. The normalized spacial score (nSPS) is 11.5. The summed E-state index contributed by atoms with van der Waals surface area (Å²) in [6.07, 6.45) is 0. The number of halogens is 1. The van der Waals surface area contributed by atoms with Gasteiger partial charge in [-0.15, -0.1) is 0 Å². The molecule has 7 heteroatoms. The van der Waals surface area contributed by atoms with Crippen molar-refractivity contribution in [1.82, 2.24) is 5.32 Å². The number of carbonyl (C=O) groups is 2. The van der Waals surface area contributed by atoms with Crippen LogP contribution in [0.4, 0.5) is 11.4 Å². The highest BCUT2D eigenvalue weighted by atomic mass is 35.5. The first kappa shape index (κ1) is 19.8. The van der Waals surface area contributed by atoms with Crippen LogP contribution >= 0.6 is 11.6 Å². The van der Waals surface area contributed by atoms with Crippen molar-refractivity contribution in [2.45, 2.75) is 19.9 Å². The fourth-order valence-corrected chi connectivity index (χ4v) is 2.76. The highest BCUT2D eigenvalue weighted by molar-refractivity contribution is 6.31. The minimum Gasteiger partial charge on any atom is -0.495 e. The average molecular weight is 376 g/mol. The van der Waals surface area contributed by atoms with Crippen LogP contribution in [0, 0.1) is 0 Å². The lowest BCUT2D eigenvalue weighted by Crippen LogP contribution is -2.30. The highest BCUT2D eigenvalue weighted by Gasteiger charge is 2.13. The van der Waals surface area contributed by atoms with Gasteiger partial charge in [0, 0.05) is 23.7 Å². The van der Waals surface area contributed by atoms with Crippen LogP contribution in [0.25, 0.3) is 0 Å². The Bertz CT molecular complexity index is 795. The number of nitrogens with one attached hydrogen (secondary N) is 3. The smallest absolute Gasteiger partial charge is 0.238 e. The van der Waals surface area contributed by atoms with Crippen LogP contribution in [0.15, 0.2) is 42.5 Å². The van der Waals surface area contributed by atoms with Gasteiger partial charge in [-0.05, 0) is 36.8 Å². The van der Waals surface area contributed by atoms with Crippen molar-refractivity contribution in [2.24, 2.45) is 0 Å². The molecule has 0 saturated carbocycles. The molecule has 6 nitrogen and oxygen atoms in total. The van der Waals surface area contributed by atoms with Gasteiger partial charge in [-0.2, -0.15) is 0 Å². The Hall–Kier alpha value is -2.57. The highest BCUT2D eigenvalue weighted by Crippen LogP contribution is 2.28. The number of hydrogen-bond acceptors (Lipinski definition) is 4. The van der Waals surface area contributed by atoms with Crippen molar-refractivity contribution in [2.75, 3.05) is 24.3 Å². The first-order valence-electron chi connectivity index (χ1n) is 8.14. The van der Waals surface area contributed by atoms with Crippen molar-refractivity contribution >= 4 is 34.8 Å². The third-order valence-corrected chi connectivity index (χ3v) is 4.08. The molecule has 0 aliphatic rings. The van der Waals surface area contributed by atoms with E-state index in [9.17, 15) is 9.59 Å². The molecule has 2 aromatic rings. The first-order chi connectivity index (χ1) is 12.4. The van der Waals surface area contributed by atoms with E-state index in [4.69, 9.17) is 16.3 Å². The summed E-state index contributed by atoms with van der Waals surface area (Å²) in [6.45, 7) is 3.45. The summed E-state index contributed by atoms with van der Waals surface area (Å²) in [6, 6.07) is 12.4. The lowest BCUT2D eigenvalue weighted by Gasteiger charge is -2.16. The van der Waals surface area contributed by atoms with Gasteiger partial charge in [0.1, 0.15) is 5.75 Å². The van der Waals surface area contributed by atoms with E-state index in [0.717, 1.165) is 5.56 Å². The predicted molar refractivity (Wildman–Crippen MR) is 104 cm³/mol. The molecule has 138 valence electrons. The van der Waals surface area contributed by atoms with E-state index in [-0.39, 0.29) is 24.4 Å². The van der Waals surface area contributed by atoms with Crippen molar-refractivity contribution in [3.63, 3.8) is 0 Å². The lowest BCUT2D eigenvalue weighted by molar-refractivity contribution is -0.115. The van der Waals surface area contributed by atoms with E-state index in [1.165, 1.54) is 14.0 Å². The third-order valence-electron chi connectivity index (χ3n) is 3.73. The van der Waals surface area contributed by atoms with Crippen molar-refractivity contribution < 1.29 is 14.3 Å². The van der Waals surface area contributed by atoms with Crippen LogP contribution in [-0.2, 0) is 9.59 Å². The second-order valence-corrected chi connectivity index (χ2v) is 6.18. The van der Waals surface area contributed by atoms with Gasteiger partial charge in [-0.25, -0.2) is 0 Å². The summed E-state index contributed by atoms with van der Waals surface area (Å²) < 4.78 is 5.25. The van der Waals surface area contributed by atoms with Crippen molar-refractivity contribution in [1.29, 1.82) is 0 Å². The molecule has 0 spiro atoms. The summed E-state index contributed by atoms with van der Waals surface area (Å²) in [5.41, 5.74) is 1.98. The number of methoxy groups -OCH3 is 1. The molecule has 0 bridgehead atoms. The minimum atomic E-state index is -0.234. The Balaban J connectivity index is 2.00. The molecular formula is C19H22ClN3O3. The van der Waals surface area contributed by atoms with E-state index in [0.29, 0.717) is 22.1 Å². The van der Waals surface area contributed by atoms with Gasteiger partial charge in [0.15, 0.2) is 0 Å². The maximum Gasteiger partial charge on any atom is 0.238 e. The monoisotopic (exact) mass is 375 g/mol. The van der Waals surface area contributed by atoms with Crippen LogP contribution in [0.2, 0.25) is 5.02 Å². The predicted octanol–water partition coefficient (Wildman–Crippen LogP) is 3.60. The maximum atomic E-state index is 12.3. The summed E-state index contributed by atoms with van der Waals surface area (Å²) in [5.74, 6) is 0.0801. The molecule has 3 N–H and O–H groups in total. The number of amides is 2. The number of rotatable bonds is 7. The van der Waals surface area contributed by atoms with E-state index in [1.807, 2.05) is 31.2 Å². The Morgan fingerprint density at radius 2 is 1.88 bits per heavy atom. The van der Waals surface area contributed by atoms with E-state index < -0.39 is 0 Å². The zero-order valence-electron chi connectivity index (χ0n) is 14.9. The molecule has 0 saturated heterocycles. The molecule has 0 aliphatic heterocycles. The lowest BCUT2D eigenvalue weighted by atomic mass is 10.1. The van der Waals surface area contributed by atoms with Crippen LogP contribution in [0.1, 0.15) is 25.5 Å². The molecule has 0 aliphatic carbocycles. The number of benzene rings is 2. The summed E-state index contributed by atoms with van der Waals surface area (Å²) in [7, 11) is 1.51.